The Morgan fingerprint density at radius 3 is 2.75 bits per heavy atom. The number of carboxylic acids is 1. The highest BCUT2D eigenvalue weighted by molar-refractivity contribution is 5.73. The zero-order valence-electron chi connectivity index (χ0n) is 18.7. The molecule has 2 aliphatic heterocycles. The van der Waals surface area contributed by atoms with Crippen LogP contribution in [0.15, 0.2) is 53.4 Å². The van der Waals surface area contributed by atoms with Crippen molar-refractivity contribution in [3.8, 4) is 22.9 Å². The fourth-order valence-electron chi connectivity index (χ4n) is 4.91. The smallest absolute Gasteiger partial charge is 0.311 e. The molecule has 0 saturated carbocycles. The minimum Gasteiger partial charge on any atom is -0.481 e. The Bertz CT molecular complexity index is 1430. The minimum atomic E-state index is -1.00. The number of aliphatic carboxylic acids is 1. The molecule has 0 unspecified atom stereocenters. The summed E-state index contributed by atoms with van der Waals surface area (Å²) in [7, 11) is 0. The van der Waals surface area contributed by atoms with Crippen LogP contribution in [0.3, 0.4) is 0 Å². The third-order valence-corrected chi connectivity index (χ3v) is 6.59. The summed E-state index contributed by atoms with van der Waals surface area (Å²) in [5, 5.41) is 21.1. The largest absolute Gasteiger partial charge is 0.481 e. The summed E-state index contributed by atoms with van der Waals surface area (Å²) in [6.07, 6.45) is 3.00. The number of carboxylic acid groups (broad SMARTS) is 1. The van der Waals surface area contributed by atoms with Gasteiger partial charge < -0.3 is 19.7 Å². The summed E-state index contributed by atoms with van der Waals surface area (Å²) in [6, 6.07) is 9.00. The maximum atomic E-state index is 14.7. The van der Waals surface area contributed by atoms with Crippen molar-refractivity contribution in [2.24, 2.45) is 5.92 Å². The van der Waals surface area contributed by atoms with Gasteiger partial charge in [0.2, 0.25) is 0 Å². The SMILES string of the molecule is O=C(O)[C@H]1[C@@H](Nc2nc(-c3cc(-c4ccon4)n(Cc4ccccc4F)n3)ncc2F)[C@@H]2CC[C@H]1O2. The van der Waals surface area contributed by atoms with E-state index in [1.807, 2.05) is 0 Å². The highest BCUT2D eigenvalue weighted by Gasteiger charge is 2.53. The van der Waals surface area contributed by atoms with Crippen molar-refractivity contribution in [3.05, 3.63) is 66.1 Å². The van der Waals surface area contributed by atoms with Crippen molar-refractivity contribution >= 4 is 11.8 Å². The van der Waals surface area contributed by atoms with Crippen LogP contribution in [0, 0.1) is 17.6 Å². The lowest BCUT2D eigenvalue weighted by Gasteiger charge is -2.26. The van der Waals surface area contributed by atoms with Crippen LogP contribution in [0.25, 0.3) is 22.9 Å². The van der Waals surface area contributed by atoms with Gasteiger partial charge in [0.25, 0.3) is 0 Å². The number of ether oxygens (including phenoxy) is 1. The van der Waals surface area contributed by atoms with Gasteiger partial charge in [0.05, 0.1) is 36.7 Å². The molecule has 2 N–H and O–H groups in total. The first-order chi connectivity index (χ1) is 17.5. The van der Waals surface area contributed by atoms with Gasteiger partial charge in [-0.15, -0.1) is 0 Å². The van der Waals surface area contributed by atoms with Gasteiger partial charge in [-0.1, -0.05) is 23.4 Å². The van der Waals surface area contributed by atoms with Gasteiger partial charge in [0, 0.05) is 11.6 Å². The van der Waals surface area contributed by atoms with Gasteiger partial charge in [-0.05, 0) is 25.0 Å². The molecule has 4 atom stereocenters. The van der Waals surface area contributed by atoms with E-state index in [1.54, 1.807) is 30.3 Å². The minimum absolute atomic E-state index is 0.101. The number of carbonyl (C=O) groups is 1. The molecule has 3 aromatic heterocycles. The summed E-state index contributed by atoms with van der Waals surface area (Å²) in [5.41, 5.74) is 1.70. The average molecular weight is 494 g/mol. The van der Waals surface area contributed by atoms with Gasteiger partial charge in [-0.25, -0.2) is 18.7 Å². The molecule has 12 heteroatoms. The predicted octanol–water partition coefficient (Wildman–Crippen LogP) is 3.36. The molecule has 184 valence electrons. The van der Waals surface area contributed by atoms with Crippen molar-refractivity contribution in [1.82, 2.24) is 24.9 Å². The lowest BCUT2D eigenvalue weighted by atomic mass is 9.84. The maximum Gasteiger partial charge on any atom is 0.311 e. The van der Waals surface area contributed by atoms with Gasteiger partial charge in [0.15, 0.2) is 17.5 Å². The Kier molecular flexibility index (Phi) is 5.44. The quantitative estimate of drug-likeness (QED) is 0.397. The second kappa shape index (κ2) is 8.79. The van der Waals surface area contributed by atoms with Crippen LogP contribution < -0.4 is 5.32 Å². The number of nitrogens with one attached hydrogen (secondary N) is 1. The number of hydrogen-bond acceptors (Lipinski definition) is 8. The Morgan fingerprint density at radius 1 is 1.14 bits per heavy atom. The number of hydrogen-bond donors (Lipinski definition) is 2. The highest BCUT2D eigenvalue weighted by atomic mass is 19.1. The fraction of sp³-hybridized carbons (Fsp3) is 0.292. The second-order valence-corrected chi connectivity index (χ2v) is 8.76. The molecule has 2 saturated heterocycles. The number of benzene rings is 1. The van der Waals surface area contributed by atoms with E-state index in [0.717, 1.165) is 6.20 Å². The van der Waals surface area contributed by atoms with Gasteiger partial charge >= 0.3 is 5.97 Å². The lowest BCUT2D eigenvalue weighted by molar-refractivity contribution is -0.143. The van der Waals surface area contributed by atoms with E-state index in [4.69, 9.17) is 9.26 Å². The fourth-order valence-corrected chi connectivity index (χ4v) is 4.91. The van der Waals surface area contributed by atoms with Crippen molar-refractivity contribution < 1.29 is 27.9 Å². The first-order valence-electron chi connectivity index (χ1n) is 11.4. The molecule has 2 fully saturated rings. The molecule has 5 heterocycles. The summed E-state index contributed by atoms with van der Waals surface area (Å²) in [5.74, 6) is -2.95. The number of anilines is 1. The van der Waals surface area contributed by atoms with Crippen LogP contribution in [-0.4, -0.2) is 54.2 Å². The molecule has 1 aromatic carbocycles. The Morgan fingerprint density at radius 2 is 1.97 bits per heavy atom. The van der Waals surface area contributed by atoms with Crippen LogP contribution in [0.5, 0.6) is 0 Å². The van der Waals surface area contributed by atoms with Crippen molar-refractivity contribution in [2.45, 2.75) is 37.6 Å². The number of halogens is 2. The summed E-state index contributed by atoms with van der Waals surface area (Å²) >= 11 is 0. The lowest BCUT2D eigenvalue weighted by Crippen LogP contribution is -2.43. The van der Waals surface area contributed by atoms with E-state index >= 15 is 0 Å². The topological polar surface area (TPSA) is 128 Å². The normalized spacial score (nSPS) is 22.7. The molecule has 36 heavy (non-hydrogen) atoms. The summed E-state index contributed by atoms with van der Waals surface area (Å²) in [4.78, 5) is 20.2. The molecule has 6 rings (SSSR count). The number of nitrogens with zero attached hydrogens (tertiary/aromatic N) is 5. The molecule has 2 bridgehead atoms. The van der Waals surface area contributed by atoms with Crippen molar-refractivity contribution in [3.63, 3.8) is 0 Å². The zero-order chi connectivity index (χ0) is 24.8. The second-order valence-electron chi connectivity index (χ2n) is 8.76. The van der Waals surface area contributed by atoms with Gasteiger partial charge in [-0.2, -0.15) is 5.10 Å². The van der Waals surface area contributed by atoms with E-state index in [0.29, 0.717) is 35.5 Å². The van der Waals surface area contributed by atoms with Crippen LogP contribution in [0.1, 0.15) is 18.4 Å². The molecule has 10 nitrogen and oxygen atoms in total. The standard InChI is InChI=1S/C24H20F2N6O4/c25-13-4-2-1-3-12(13)11-32-17(15-7-8-35-31-15)9-16(30-32)23-27-10-14(26)22(29-23)28-21-19-6-5-18(36-19)20(21)24(33)34/h1-4,7-10,18-21H,5-6,11H2,(H,33,34)(H,27,28,29)/t18-,19+,20-,21+/m1/s1. The Labute approximate surface area is 202 Å². The average Bonchev–Trinajstić information content (AvgIpc) is 3.66. The van der Waals surface area contributed by atoms with Gasteiger partial charge in [-0.3, -0.25) is 9.48 Å². The molecule has 2 aliphatic rings. The first kappa shape index (κ1) is 22.3. The third-order valence-electron chi connectivity index (χ3n) is 6.59. The zero-order valence-corrected chi connectivity index (χ0v) is 18.7. The predicted molar refractivity (Wildman–Crippen MR) is 121 cm³/mol. The number of aromatic nitrogens is 5. The molecular formula is C24H20F2N6O4. The van der Waals surface area contributed by atoms with Gasteiger partial charge in [0.1, 0.15) is 29.4 Å². The molecule has 0 aliphatic carbocycles. The Hall–Kier alpha value is -4.19. The first-order valence-corrected chi connectivity index (χ1v) is 11.4. The van der Waals surface area contributed by atoms with E-state index < -0.39 is 29.9 Å². The van der Waals surface area contributed by atoms with Crippen LogP contribution in [0.2, 0.25) is 0 Å². The van der Waals surface area contributed by atoms with E-state index in [-0.39, 0.29) is 30.1 Å². The number of rotatable bonds is 7. The third kappa shape index (κ3) is 3.88. The van der Waals surface area contributed by atoms with E-state index in [2.05, 4.69) is 25.5 Å². The van der Waals surface area contributed by atoms with Crippen molar-refractivity contribution in [1.29, 1.82) is 0 Å². The van der Waals surface area contributed by atoms with E-state index in [1.165, 1.54) is 17.0 Å². The van der Waals surface area contributed by atoms with E-state index in [9.17, 15) is 18.7 Å². The van der Waals surface area contributed by atoms with Crippen LogP contribution >= 0.6 is 0 Å². The molecular weight excluding hydrogens is 474 g/mol. The molecule has 0 spiro atoms. The highest BCUT2D eigenvalue weighted by Crippen LogP contribution is 2.41. The summed E-state index contributed by atoms with van der Waals surface area (Å²) in [6.45, 7) is 0.101. The Balaban J connectivity index is 1.35. The molecule has 4 aromatic rings. The van der Waals surface area contributed by atoms with Crippen LogP contribution in [0.4, 0.5) is 14.6 Å². The van der Waals surface area contributed by atoms with Crippen molar-refractivity contribution in [2.75, 3.05) is 5.32 Å². The summed E-state index contributed by atoms with van der Waals surface area (Å²) < 4.78 is 41.2. The van der Waals surface area contributed by atoms with Crippen LogP contribution in [-0.2, 0) is 16.1 Å². The molecule has 0 amide bonds. The molecule has 0 radical (unpaired) electrons. The monoisotopic (exact) mass is 494 g/mol. The maximum absolute atomic E-state index is 14.7. The number of fused-ring (bicyclic) bond motifs is 2.